The van der Waals surface area contributed by atoms with Crippen LogP contribution in [-0.2, 0) is 16.1 Å². The first kappa shape index (κ1) is 23.7. The third kappa shape index (κ3) is 5.94. The fourth-order valence-corrected chi connectivity index (χ4v) is 5.53. The number of hydrogen-bond donors (Lipinski definition) is 2. The van der Waals surface area contributed by atoms with Crippen molar-refractivity contribution in [3.63, 3.8) is 0 Å². The maximum Gasteiger partial charge on any atom is 0.324 e. The summed E-state index contributed by atoms with van der Waals surface area (Å²) < 4.78 is 0. The first-order chi connectivity index (χ1) is 16.0. The van der Waals surface area contributed by atoms with Gasteiger partial charge in [0.2, 0.25) is 11.8 Å². The Bertz CT molecular complexity index is 822. The van der Waals surface area contributed by atoms with E-state index in [0.717, 1.165) is 51.7 Å². The van der Waals surface area contributed by atoms with Crippen LogP contribution in [0, 0.1) is 11.8 Å². The molecule has 33 heavy (non-hydrogen) atoms. The van der Waals surface area contributed by atoms with E-state index in [2.05, 4.69) is 46.7 Å². The molecule has 4 rings (SSSR count). The number of nitrogens with zero attached hydrogens (tertiary/aromatic N) is 2. The third-order valence-corrected chi connectivity index (χ3v) is 7.53. The molecule has 2 heterocycles. The SMILES string of the molecule is CCCCCN1C(=O)NC2CC(C(=O)NC3CCN(Cc4ccccc4)CC3)CCC2C1=O. The van der Waals surface area contributed by atoms with E-state index in [4.69, 9.17) is 0 Å². The molecule has 3 atom stereocenters. The standard InChI is InChI=1S/C26H38N4O3/c1-2-3-7-14-30-25(32)22-11-10-20(17-23(22)28-26(30)33)24(31)27-21-12-15-29(16-13-21)18-19-8-5-4-6-9-19/h4-6,8-9,20-23H,2-3,7,10-18H2,1H3,(H,27,31)(H,28,33). The predicted molar refractivity (Wildman–Crippen MR) is 127 cm³/mol. The lowest BCUT2D eigenvalue weighted by Crippen LogP contribution is -2.62. The van der Waals surface area contributed by atoms with Crippen LogP contribution in [-0.4, -0.2) is 59.4 Å². The summed E-state index contributed by atoms with van der Waals surface area (Å²) in [5, 5.41) is 6.28. The van der Waals surface area contributed by atoms with Crippen molar-refractivity contribution >= 4 is 17.8 Å². The number of carbonyl (C=O) groups excluding carboxylic acids is 3. The molecule has 1 aromatic rings. The van der Waals surface area contributed by atoms with Gasteiger partial charge >= 0.3 is 6.03 Å². The average Bonchev–Trinajstić information content (AvgIpc) is 2.83. The monoisotopic (exact) mass is 454 g/mol. The molecule has 0 radical (unpaired) electrons. The Morgan fingerprint density at radius 3 is 2.55 bits per heavy atom. The summed E-state index contributed by atoms with van der Waals surface area (Å²) in [5.41, 5.74) is 1.32. The van der Waals surface area contributed by atoms with Gasteiger partial charge in [0.1, 0.15) is 0 Å². The summed E-state index contributed by atoms with van der Waals surface area (Å²) in [4.78, 5) is 42.2. The summed E-state index contributed by atoms with van der Waals surface area (Å²) in [5.74, 6) is -0.283. The largest absolute Gasteiger partial charge is 0.353 e. The number of fused-ring (bicyclic) bond motifs is 1. The summed E-state index contributed by atoms with van der Waals surface area (Å²) in [6, 6.07) is 10.2. The number of piperidine rings is 1. The zero-order valence-electron chi connectivity index (χ0n) is 19.8. The minimum Gasteiger partial charge on any atom is -0.353 e. The highest BCUT2D eigenvalue weighted by molar-refractivity contribution is 5.99. The van der Waals surface area contributed by atoms with Gasteiger partial charge in [0.15, 0.2) is 0 Å². The number of benzene rings is 1. The van der Waals surface area contributed by atoms with Crippen LogP contribution < -0.4 is 10.6 Å². The van der Waals surface area contributed by atoms with Crippen LogP contribution in [0.5, 0.6) is 0 Å². The van der Waals surface area contributed by atoms with Crippen LogP contribution in [0.15, 0.2) is 30.3 Å². The molecule has 3 fully saturated rings. The molecule has 1 aromatic carbocycles. The highest BCUT2D eigenvalue weighted by Crippen LogP contribution is 2.33. The molecule has 0 bridgehead atoms. The molecule has 0 spiro atoms. The minimum absolute atomic E-state index is 0.0514. The van der Waals surface area contributed by atoms with E-state index in [0.29, 0.717) is 25.8 Å². The van der Waals surface area contributed by atoms with Crippen LogP contribution >= 0.6 is 0 Å². The van der Waals surface area contributed by atoms with E-state index in [1.54, 1.807) is 0 Å². The second kappa shape index (κ2) is 11.1. The topological polar surface area (TPSA) is 81.8 Å². The fraction of sp³-hybridized carbons (Fsp3) is 0.654. The maximum absolute atomic E-state index is 13.0. The zero-order chi connectivity index (χ0) is 23.2. The third-order valence-electron chi connectivity index (χ3n) is 7.53. The van der Waals surface area contributed by atoms with Gasteiger partial charge in [0.25, 0.3) is 0 Å². The Balaban J connectivity index is 1.22. The Morgan fingerprint density at radius 1 is 1.06 bits per heavy atom. The number of nitrogens with one attached hydrogen (secondary N) is 2. The quantitative estimate of drug-likeness (QED) is 0.591. The number of amides is 4. The van der Waals surface area contributed by atoms with E-state index < -0.39 is 0 Å². The molecule has 1 aliphatic carbocycles. The van der Waals surface area contributed by atoms with Gasteiger partial charge in [0.05, 0.1) is 5.92 Å². The summed E-state index contributed by atoms with van der Waals surface area (Å²) in [6.07, 6.45) is 6.77. The smallest absolute Gasteiger partial charge is 0.324 e. The highest BCUT2D eigenvalue weighted by atomic mass is 16.2. The van der Waals surface area contributed by atoms with Gasteiger partial charge < -0.3 is 10.6 Å². The summed E-state index contributed by atoms with van der Waals surface area (Å²) >= 11 is 0. The highest BCUT2D eigenvalue weighted by Gasteiger charge is 2.45. The molecule has 7 heteroatoms. The number of urea groups is 1. The molecular formula is C26H38N4O3. The molecular weight excluding hydrogens is 416 g/mol. The van der Waals surface area contributed by atoms with Gasteiger partial charge in [0, 0.05) is 44.2 Å². The molecule has 3 aliphatic rings. The van der Waals surface area contributed by atoms with Gasteiger partial charge in [-0.1, -0.05) is 50.1 Å². The number of carbonyl (C=O) groups is 3. The van der Waals surface area contributed by atoms with Crippen molar-refractivity contribution in [3.05, 3.63) is 35.9 Å². The van der Waals surface area contributed by atoms with Crippen molar-refractivity contribution < 1.29 is 14.4 Å². The van der Waals surface area contributed by atoms with Crippen LogP contribution in [0.2, 0.25) is 0 Å². The normalized spacial score (nSPS) is 26.6. The second-order valence-electron chi connectivity index (χ2n) is 9.91. The minimum atomic E-state index is -0.288. The lowest BCUT2D eigenvalue weighted by Gasteiger charge is -2.42. The van der Waals surface area contributed by atoms with E-state index in [9.17, 15) is 14.4 Å². The number of imide groups is 1. The van der Waals surface area contributed by atoms with Gasteiger partial charge in [-0.05, 0) is 44.1 Å². The van der Waals surface area contributed by atoms with Crippen molar-refractivity contribution in [1.82, 2.24) is 20.4 Å². The first-order valence-corrected chi connectivity index (χ1v) is 12.7. The van der Waals surface area contributed by atoms with Crippen molar-refractivity contribution in [3.8, 4) is 0 Å². The second-order valence-corrected chi connectivity index (χ2v) is 9.91. The number of hydrogen-bond acceptors (Lipinski definition) is 4. The molecule has 7 nitrogen and oxygen atoms in total. The molecule has 0 aromatic heterocycles. The van der Waals surface area contributed by atoms with Crippen LogP contribution in [0.4, 0.5) is 4.79 Å². The molecule has 2 N–H and O–H groups in total. The van der Waals surface area contributed by atoms with Crippen LogP contribution in [0.25, 0.3) is 0 Å². The van der Waals surface area contributed by atoms with Crippen molar-refractivity contribution in [1.29, 1.82) is 0 Å². The van der Waals surface area contributed by atoms with Gasteiger partial charge in [-0.15, -0.1) is 0 Å². The lowest BCUT2D eigenvalue weighted by molar-refractivity contribution is -0.139. The average molecular weight is 455 g/mol. The van der Waals surface area contributed by atoms with Gasteiger partial charge in [-0.3, -0.25) is 19.4 Å². The van der Waals surface area contributed by atoms with Crippen molar-refractivity contribution in [2.45, 2.75) is 76.9 Å². The van der Waals surface area contributed by atoms with E-state index >= 15 is 0 Å². The number of likely N-dealkylation sites (tertiary alicyclic amines) is 1. The van der Waals surface area contributed by atoms with E-state index in [1.165, 1.54) is 10.5 Å². The molecule has 180 valence electrons. The van der Waals surface area contributed by atoms with E-state index in [1.807, 2.05) is 6.07 Å². The Hall–Kier alpha value is -2.41. The Labute approximate surface area is 197 Å². The molecule has 2 saturated heterocycles. The molecule has 4 amide bonds. The van der Waals surface area contributed by atoms with Crippen LogP contribution in [0.1, 0.15) is 63.9 Å². The maximum atomic E-state index is 13.0. The van der Waals surface area contributed by atoms with Crippen LogP contribution in [0.3, 0.4) is 0 Å². The fourth-order valence-electron chi connectivity index (χ4n) is 5.53. The van der Waals surface area contributed by atoms with Gasteiger partial charge in [-0.2, -0.15) is 0 Å². The Kier molecular flexibility index (Phi) is 8.02. The number of rotatable bonds is 8. The summed E-state index contributed by atoms with van der Waals surface area (Å²) in [7, 11) is 0. The summed E-state index contributed by atoms with van der Waals surface area (Å²) in [6.45, 7) is 5.51. The predicted octanol–water partition coefficient (Wildman–Crippen LogP) is 3.29. The van der Waals surface area contributed by atoms with E-state index in [-0.39, 0.29) is 41.8 Å². The first-order valence-electron chi connectivity index (χ1n) is 12.7. The van der Waals surface area contributed by atoms with Gasteiger partial charge in [-0.25, -0.2) is 4.79 Å². The number of unbranched alkanes of at least 4 members (excludes halogenated alkanes) is 2. The Morgan fingerprint density at radius 2 is 1.82 bits per heavy atom. The lowest BCUT2D eigenvalue weighted by atomic mass is 9.76. The van der Waals surface area contributed by atoms with Crippen molar-refractivity contribution in [2.75, 3.05) is 19.6 Å². The molecule has 3 unspecified atom stereocenters. The molecule has 2 aliphatic heterocycles. The van der Waals surface area contributed by atoms with Crippen molar-refractivity contribution in [2.24, 2.45) is 11.8 Å². The molecule has 1 saturated carbocycles. The zero-order valence-corrected chi connectivity index (χ0v) is 19.8.